The van der Waals surface area contributed by atoms with Crippen LogP contribution >= 0.6 is 15.9 Å². The molecule has 0 bridgehead atoms. The first-order chi connectivity index (χ1) is 14.1. The van der Waals surface area contributed by atoms with E-state index in [1.165, 1.54) is 4.90 Å². The van der Waals surface area contributed by atoms with Crippen molar-refractivity contribution in [2.75, 3.05) is 4.90 Å². The van der Waals surface area contributed by atoms with E-state index in [2.05, 4.69) is 15.9 Å². The first-order valence-electron chi connectivity index (χ1n) is 9.41. The first kappa shape index (κ1) is 18.0. The number of rotatable bonds is 2. The Bertz CT molecular complexity index is 1120. The zero-order chi connectivity index (χ0) is 20.1. The Labute approximate surface area is 176 Å². The highest BCUT2D eigenvalue weighted by Gasteiger charge is 2.47. The molecular weight excluding hydrogens is 430 g/mol. The molecule has 0 radical (unpaired) electrons. The molecule has 1 aliphatic carbocycles. The van der Waals surface area contributed by atoms with Crippen molar-refractivity contribution in [3.8, 4) is 0 Å². The Hall–Kier alpha value is -3.05. The molecule has 29 heavy (non-hydrogen) atoms. The van der Waals surface area contributed by atoms with E-state index in [0.29, 0.717) is 16.8 Å². The van der Waals surface area contributed by atoms with Gasteiger partial charge in [0.25, 0.3) is 0 Å². The summed E-state index contributed by atoms with van der Waals surface area (Å²) in [6.45, 7) is 0. The molecule has 1 fully saturated rings. The monoisotopic (exact) mass is 445 g/mol. The molecule has 0 saturated carbocycles. The van der Waals surface area contributed by atoms with Crippen LogP contribution in [0.4, 0.5) is 5.69 Å². The number of fused-ring (bicyclic) bond motifs is 2. The van der Waals surface area contributed by atoms with Gasteiger partial charge in [-0.25, -0.2) is 0 Å². The van der Waals surface area contributed by atoms with Crippen LogP contribution in [0.3, 0.4) is 0 Å². The van der Waals surface area contributed by atoms with Crippen LogP contribution in [0.25, 0.3) is 0 Å². The van der Waals surface area contributed by atoms with Gasteiger partial charge in [0.05, 0.1) is 11.6 Å². The molecular formula is C24H16BrNO3. The summed E-state index contributed by atoms with van der Waals surface area (Å²) in [5.74, 6) is -1.33. The number of imide groups is 1. The van der Waals surface area contributed by atoms with Crippen molar-refractivity contribution in [1.29, 1.82) is 0 Å². The molecule has 5 heteroatoms. The van der Waals surface area contributed by atoms with Crippen molar-refractivity contribution in [3.63, 3.8) is 0 Å². The molecule has 2 amide bonds. The fourth-order valence-electron chi connectivity index (χ4n) is 4.47. The van der Waals surface area contributed by atoms with Gasteiger partial charge in [0.2, 0.25) is 11.8 Å². The maximum atomic E-state index is 13.4. The van der Waals surface area contributed by atoms with Gasteiger partial charge in [0.1, 0.15) is 0 Å². The second kappa shape index (κ2) is 6.78. The Morgan fingerprint density at radius 1 is 0.759 bits per heavy atom. The number of halogens is 1. The van der Waals surface area contributed by atoms with Gasteiger partial charge >= 0.3 is 0 Å². The summed E-state index contributed by atoms with van der Waals surface area (Å²) in [5.41, 5.74) is 3.43. The van der Waals surface area contributed by atoms with E-state index in [0.717, 1.165) is 15.6 Å². The smallest absolute Gasteiger partial charge is 0.238 e. The largest absolute Gasteiger partial charge is 0.289 e. The van der Waals surface area contributed by atoms with Crippen LogP contribution in [-0.4, -0.2) is 17.6 Å². The normalized spacial score (nSPS) is 18.7. The van der Waals surface area contributed by atoms with Gasteiger partial charge in [-0.05, 0) is 35.4 Å². The average Bonchev–Trinajstić information content (AvgIpc) is 3.03. The number of carbonyl (C=O) groups excluding carboxylic acids is 3. The number of nitrogens with zero attached hydrogens (tertiary/aromatic N) is 1. The lowest BCUT2D eigenvalue weighted by atomic mass is 9.71. The lowest BCUT2D eigenvalue weighted by Crippen LogP contribution is -2.33. The number of hydrogen-bond donors (Lipinski definition) is 0. The predicted molar refractivity (Wildman–Crippen MR) is 113 cm³/mol. The Balaban J connectivity index is 1.62. The number of benzene rings is 3. The third-order valence-corrected chi connectivity index (χ3v) is 6.28. The van der Waals surface area contributed by atoms with Gasteiger partial charge in [0.15, 0.2) is 5.78 Å². The number of carbonyl (C=O) groups is 3. The Morgan fingerprint density at radius 3 is 1.90 bits per heavy atom. The maximum absolute atomic E-state index is 13.4. The average molecular weight is 446 g/mol. The standard InChI is InChI=1S/C24H16BrNO3/c25-14-9-11-15(12-10-14)26-21(27)13-20(24(26)29)22-16-5-1-3-7-18(16)23(28)19-8-4-2-6-17(19)22/h1-12,20,22H,13H2/t20-/m1/s1. The summed E-state index contributed by atoms with van der Waals surface area (Å²) < 4.78 is 0.880. The SMILES string of the molecule is O=C1c2ccccc2C([C@H]2CC(=O)N(c3ccc(Br)cc3)C2=O)c2ccccc21. The second-order valence-corrected chi connectivity index (χ2v) is 8.25. The van der Waals surface area contributed by atoms with E-state index in [1.807, 2.05) is 48.5 Å². The zero-order valence-corrected chi connectivity index (χ0v) is 16.9. The molecule has 0 N–H and O–H groups in total. The topological polar surface area (TPSA) is 54.5 Å². The number of anilines is 1. The van der Waals surface area contributed by atoms with Gasteiger partial charge in [-0.15, -0.1) is 0 Å². The van der Waals surface area contributed by atoms with Gasteiger partial charge in [0, 0.05) is 27.9 Å². The summed E-state index contributed by atoms with van der Waals surface area (Å²) in [6, 6.07) is 21.9. The molecule has 1 saturated heterocycles. The van der Waals surface area contributed by atoms with Crippen molar-refractivity contribution in [2.24, 2.45) is 5.92 Å². The van der Waals surface area contributed by atoms with Crippen LogP contribution in [0.1, 0.15) is 39.4 Å². The third kappa shape index (κ3) is 2.76. The molecule has 5 rings (SSSR count). The summed E-state index contributed by atoms with van der Waals surface area (Å²) in [6.07, 6.45) is 0.121. The van der Waals surface area contributed by atoms with E-state index in [-0.39, 0.29) is 29.9 Å². The molecule has 1 atom stereocenters. The van der Waals surface area contributed by atoms with Crippen molar-refractivity contribution in [3.05, 3.63) is 99.5 Å². The third-order valence-electron chi connectivity index (χ3n) is 5.75. The fraction of sp³-hybridized carbons (Fsp3) is 0.125. The lowest BCUT2D eigenvalue weighted by Gasteiger charge is -2.30. The quantitative estimate of drug-likeness (QED) is 0.536. The van der Waals surface area contributed by atoms with Crippen LogP contribution in [0.15, 0.2) is 77.3 Å². The van der Waals surface area contributed by atoms with Crippen LogP contribution in [0.5, 0.6) is 0 Å². The molecule has 3 aromatic rings. The van der Waals surface area contributed by atoms with Gasteiger partial charge in [-0.1, -0.05) is 64.5 Å². The van der Waals surface area contributed by atoms with Crippen molar-refractivity contribution in [1.82, 2.24) is 0 Å². The Kier molecular flexibility index (Phi) is 4.21. The molecule has 2 aliphatic rings. The van der Waals surface area contributed by atoms with E-state index >= 15 is 0 Å². The van der Waals surface area contributed by atoms with Gasteiger partial charge in [-0.2, -0.15) is 0 Å². The number of hydrogen-bond acceptors (Lipinski definition) is 3. The zero-order valence-electron chi connectivity index (χ0n) is 15.3. The number of ketones is 1. The molecule has 0 aromatic heterocycles. The fourth-order valence-corrected chi connectivity index (χ4v) is 4.74. The first-order valence-corrected chi connectivity index (χ1v) is 10.2. The molecule has 3 aromatic carbocycles. The predicted octanol–water partition coefficient (Wildman–Crippen LogP) is 4.71. The summed E-state index contributed by atoms with van der Waals surface area (Å²) >= 11 is 3.38. The molecule has 1 heterocycles. The van der Waals surface area contributed by atoms with E-state index in [1.54, 1.807) is 24.3 Å². The van der Waals surface area contributed by atoms with Crippen LogP contribution in [-0.2, 0) is 9.59 Å². The van der Waals surface area contributed by atoms with Crippen LogP contribution < -0.4 is 4.90 Å². The minimum atomic E-state index is -0.540. The Morgan fingerprint density at radius 2 is 1.31 bits per heavy atom. The number of amides is 2. The van der Waals surface area contributed by atoms with Crippen LogP contribution in [0, 0.1) is 5.92 Å². The van der Waals surface area contributed by atoms with Gasteiger partial charge < -0.3 is 0 Å². The summed E-state index contributed by atoms with van der Waals surface area (Å²) in [5, 5.41) is 0. The van der Waals surface area contributed by atoms with E-state index in [9.17, 15) is 14.4 Å². The van der Waals surface area contributed by atoms with Crippen molar-refractivity contribution in [2.45, 2.75) is 12.3 Å². The molecule has 0 unspecified atom stereocenters. The summed E-state index contributed by atoms with van der Waals surface area (Å²) in [7, 11) is 0. The van der Waals surface area contributed by atoms with Gasteiger partial charge in [-0.3, -0.25) is 19.3 Å². The highest BCUT2D eigenvalue weighted by molar-refractivity contribution is 9.10. The van der Waals surface area contributed by atoms with E-state index < -0.39 is 5.92 Å². The molecule has 142 valence electrons. The molecule has 1 aliphatic heterocycles. The molecule has 4 nitrogen and oxygen atoms in total. The molecule has 0 spiro atoms. The minimum Gasteiger partial charge on any atom is -0.289 e. The maximum Gasteiger partial charge on any atom is 0.238 e. The summed E-state index contributed by atoms with van der Waals surface area (Å²) in [4.78, 5) is 40.5. The van der Waals surface area contributed by atoms with E-state index in [4.69, 9.17) is 0 Å². The van der Waals surface area contributed by atoms with Crippen molar-refractivity contribution >= 4 is 39.2 Å². The minimum absolute atomic E-state index is 0.0333. The highest BCUT2D eigenvalue weighted by atomic mass is 79.9. The van der Waals surface area contributed by atoms with Crippen LogP contribution in [0.2, 0.25) is 0 Å². The second-order valence-electron chi connectivity index (χ2n) is 7.34. The van der Waals surface area contributed by atoms with Crippen molar-refractivity contribution < 1.29 is 14.4 Å². The highest BCUT2D eigenvalue weighted by Crippen LogP contribution is 2.45. The lowest BCUT2D eigenvalue weighted by molar-refractivity contribution is -0.122.